The maximum Gasteiger partial charge on any atom is 0.164 e. The van der Waals surface area contributed by atoms with E-state index in [2.05, 4.69) is 24.3 Å². The zero-order valence-electron chi connectivity index (χ0n) is 27.8. The molecule has 8 aromatic rings. The van der Waals surface area contributed by atoms with Gasteiger partial charge in [-0.3, -0.25) is 0 Å². The molecule has 4 nitrogen and oxygen atoms in total. The molecule has 0 N–H and O–H groups in total. The summed E-state index contributed by atoms with van der Waals surface area (Å²) in [5.41, 5.74) is 6.38. The monoisotopic (exact) mass is 556 g/mol. The van der Waals surface area contributed by atoms with Gasteiger partial charge >= 0.3 is 0 Å². The average molecular weight is 557 g/mol. The fourth-order valence-electron chi connectivity index (χ4n) is 5.37. The average Bonchev–Trinajstić information content (AvgIpc) is 3.52. The molecule has 0 aliphatic rings. The van der Waals surface area contributed by atoms with Gasteiger partial charge in [0.2, 0.25) is 0 Å². The zero-order chi connectivity index (χ0) is 32.9. The molecule has 0 aliphatic heterocycles. The molecule has 4 heteroatoms. The Morgan fingerprint density at radius 2 is 1.07 bits per heavy atom. The van der Waals surface area contributed by atoms with E-state index in [0.717, 1.165) is 38.6 Å². The molecule has 0 unspecified atom stereocenters. The lowest BCUT2D eigenvalue weighted by atomic mass is 10.0. The summed E-state index contributed by atoms with van der Waals surface area (Å²) in [6, 6.07) is 37.2. The molecular weight excluding hydrogens is 526 g/mol. The first-order valence-electron chi connectivity index (χ1n) is 16.4. The van der Waals surface area contributed by atoms with Crippen molar-refractivity contribution in [1.29, 1.82) is 0 Å². The normalized spacial score (nSPS) is 12.9. The van der Waals surface area contributed by atoms with Crippen LogP contribution in [0.25, 0.3) is 78.4 Å². The van der Waals surface area contributed by atoms with E-state index in [4.69, 9.17) is 26.2 Å². The van der Waals surface area contributed by atoms with Crippen LogP contribution in [0, 0.1) is 0 Å². The first kappa shape index (κ1) is 20.1. The molecule has 0 saturated heterocycles. The van der Waals surface area contributed by atoms with Crippen LogP contribution < -0.4 is 0 Å². The molecule has 0 radical (unpaired) electrons. The maximum atomic E-state index is 8.52. The summed E-state index contributed by atoms with van der Waals surface area (Å²) in [6.45, 7) is 0. The van der Waals surface area contributed by atoms with Gasteiger partial charge < -0.3 is 4.42 Å². The third-order valence-corrected chi connectivity index (χ3v) is 7.42. The van der Waals surface area contributed by atoms with E-state index in [9.17, 15) is 0 Å². The van der Waals surface area contributed by atoms with Gasteiger partial charge in [-0.25, -0.2) is 15.0 Å². The fourth-order valence-corrected chi connectivity index (χ4v) is 5.37. The number of furan rings is 1. The van der Waals surface area contributed by atoms with Gasteiger partial charge in [0.25, 0.3) is 0 Å². The second-order valence-electron chi connectivity index (χ2n) is 10.1. The Labute approximate surface area is 256 Å². The summed E-state index contributed by atoms with van der Waals surface area (Å²) in [6.07, 6.45) is 0. The number of benzene rings is 6. The lowest BCUT2D eigenvalue weighted by molar-refractivity contribution is 0.669. The molecule has 8 rings (SSSR count). The second kappa shape index (κ2) is 10.5. The molecule has 202 valence electrons. The van der Waals surface area contributed by atoms with Gasteiger partial charge in [-0.15, -0.1) is 0 Å². The Bertz CT molecular complexity index is 2490. The van der Waals surface area contributed by atoms with Crippen LogP contribution in [0.4, 0.5) is 0 Å². The van der Waals surface area contributed by atoms with Crippen molar-refractivity contribution < 1.29 is 11.3 Å². The van der Waals surface area contributed by atoms with Gasteiger partial charge in [0.15, 0.2) is 17.5 Å². The summed E-state index contributed by atoms with van der Waals surface area (Å²) in [5.74, 6) is 1.30. The third kappa shape index (κ3) is 4.65. The van der Waals surface area contributed by atoms with Crippen molar-refractivity contribution in [3.05, 3.63) is 152 Å². The number of nitrogens with zero attached hydrogens (tertiary/aromatic N) is 3. The first-order chi connectivity index (χ1) is 23.4. The lowest BCUT2D eigenvalue weighted by Crippen LogP contribution is -2.00. The van der Waals surface area contributed by atoms with Crippen molar-refractivity contribution in [1.82, 2.24) is 15.0 Å². The predicted molar refractivity (Wildman–Crippen MR) is 174 cm³/mol. The number of fused-ring (bicyclic) bond motifs is 3. The first-order valence-corrected chi connectivity index (χ1v) is 13.9. The van der Waals surface area contributed by atoms with E-state index in [1.807, 2.05) is 78.9 Å². The molecule has 0 atom stereocenters. The molecule has 6 aromatic carbocycles. The highest BCUT2D eigenvalue weighted by Gasteiger charge is 2.18. The van der Waals surface area contributed by atoms with Crippen LogP contribution in [-0.2, 0) is 0 Å². The number of hydrogen-bond donors (Lipinski definition) is 0. The van der Waals surface area contributed by atoms with Gasteiger partial charge in [0.05, 0.1) is 6.85 Å². The summed E-state index contributed by atoms with van der Waals surface area (Å²) in [4.78, 5) is 14.8. The minimum atomic E-state index is -0.434. The van der Waals surface area contributed by atoms with Crippen molar-refractivity contribution in [3.8, 4) is 56.4 Å². The van der Waals surface area contributed by atoms with Gasteiger partial charge in [0, 0.05) is 27.5 Å². The van der Waals surface area contributed by atoms with Crippen molar-refractivity contribution >= 4 is 21.9 Å². The van der Waals surface area contributed by atoms with Crippen molar-refractivity contribution in [3.63, 3.8) is 0 Å². The van der Waals surface area contributed by atoms with Crippen LogP contribution in [0.1, 0.15) is 6.85 Å². The molecule has 0 bridgehead atoms. The number of rotatable bonds is 5. The Kier molecular flexibility index (Phi) is 4.91. The molecule has 0 amide bonds. The standard InChI is InChI=1S/C39H25N3O/c1-4-12-26(13-5-1)29-18-10-19-31(24-29)38-40-37(28-16-8-3-9-17-28)41-39(42-38)32-20-11-21-35-36(32)33-25-30(22-23-34(33)43-35)27-14-6-2-7-15-27/h1-25H/i1D,4D,5D,12D,13D. The van der Waals surface area contributed by atoms with Gasteiger partial charge in [-0.05, 0) is 46.5 Å². The number of hydrogen-bond acceptors (Lipinski definition) is 4. The smallest absolute Gasteiger partial charge is 0.164 e. The van der Waals surface area contributed by atoms with Crippen molar-refractivity contribution in [2.24, 2.45) is 0 Å². The van der Waals surface area contributed by atoms with Gasteiger partial charge in [0.1, 0.15) is 11.2 Å². The quantitative estimate of drug-likeness (QED) is 0.212. The Morgan fingerprint density at radius 3 is 1.86 bits per heavy atom. The Morgan fingerprint density at radius 1 is 0.442 bits per heavy atom. The summed E-state index contributed by atoms with van der Waals surface area (Å²) in [7, 11) is 0. The minimum absolute atomic E-state index is 0.115. The van der Waals surface area contributed by atoms with Crippen LogP contribution in [0.5, 0.6) is 0 Å². The van der Waals surface area contributed by atoms with E-state index < -0.39 is 6.04 Å². The van der Waals surface area contributed by atoms with Crippen molar-refractivity contribution in [2.45, 2.75) is 0 Å². The zero-order valence-corrected chi connectivity index (χ0v) is 22.8. The summed E-state index contributed by atoms with van der Waals surface area (Å²) >= 11 is 0. The molecule has 0 fully saturated rings. The minimum Gasteiger partial charge on any atom is -0.456 e. The van der Waals surface area contributed by atoms with Crippen molar-refractivity contribution in [2.75, 3.05) is 0 Å². The molecule has 0 aliphatic carbocycles. The third-order valence-electron chi connectivity index (χ3n) is 7.42. The summed E-state index contributed by atoms with van der Waals surface area (Å²) < 4.78 is 47.7. The largest absolute Gasteiger partial charge is 0.456 e. The predicted octanol–water partition coefficient (Wildman–Crippen LogP) is 10.1. The van der Waals surface area contributed by atoms with Gasteiger partial charge in [-0.1, -0.05) is 127 Å². The highest BCUT2D eigenvalue weighted by Crippen LogP contribution is 2.38. The SMILES string of the molecule is [2H]c1c([2H])c([2H])c(-c2cccc(-c3nc(-c4ccccc4)nc(-c4cccc5oc6ccc(-c7ccccc7)cc6c45)n3)c2)c([2H])c1[2H]. The highest BCUT2D eigenvalue weighted by molar-refractivity contribution is 6.12. The van der Waals surface area contributed by atoms with Crippen LogP contribution in [0.3, 0.4) is 0 Å². The fraction of sp³-hybridized carbons (Fsp3) is 0. The maximum absolute atomic E-state index is 8.52. The van der Waals surface area contributed by atoms with E-state index in [1.54, 1.807) is 18.2 Å². The Hall–Kier alpha value is -5.87. The highest BCUT2D eigenvalue weighted by atomic mass is 16.3. The Balaban J connectivity index is 1.35. The molecular formula is C39H25N3O. The van der Waals surface area contributed by atoms with E-state index >= 15 is 0 Å². The molecule has 0 saturated carbocycles. The number of aromatic nitrogens is 3. The topological polar surface area (TPSA) is 51.8 Å². The molecule has 2 aromatic heterocycles. The van der Waals surface area contributed by atoms with E-state index in [1.165, 1.54) is 0 Å². The molecule has 43 heavy (non-hydrogen) atoms. The molecule has 2 heterocycles. The van der Waals surface area contributed by atoms with Crippen LogP contribution >= 0.6 is 0 Å². The van der Waals surface area contributed by atoms with Crippen LogP contribution in [0.2, 0.25) is 0 Å². The molecule has 0 spiro atoms. The van der Waals surface area contributed by atoms with Crippen LogP contribution in [0.15, 0.2) is 156 Å². The second-order valence-corrected chi connectivity index (χ2v) is 10.1. The van der Waals surface area contributed by atoms with Crippen LogP contribution in [-0.4, -0.2) is 15.0 Å². The van der Waals surface area contributed by atoms with E-state index in [0.29, 0.717) is 34.2 Å². The van der Waals surface area contributed by atoms with E-state index in [-0.39, 0.29) is 29.7 Å². The van der Waals surface area contributed by atoms with Gasteiger partial charge in [-0.2, -0.15) is 0 Å². The lowest BCUT2D eigenvalue weighted by Gasteiger charge is -2.10. The summed E-state index contributed by atoms with van der Waals surface area (Å²) in [5, 5.41) is 1.82.